The van der Waals surface area contributed by atoms with Gasteiger partial charge < -0.3 is 19.9 Å². The number of rotatable bonds is 9. The first kappa shape index (κ1) is 20.2. The largest absolute Gasteiger partial charge is 0.493 e. The molecule has 0 aromatic heterocycles. The van der Waals surface area contributed by atoms with E-state index in [0.29, 0.717) is 35.7 Å². The lowest BCUT2D eigenvalue weighted by molar-refractivity contribution is -0.121. The molecule has 0 saturated carbocycles. The lowest BCUT2D eigenvalue weighted by atomic mass is 10.1. The molecular weight excluding hydrogens is 351 g/mol. The Morgan fingerprint density at radius 1 is 1.30 bits per heavy atom. The Kier molecular flexibility index (Phi) is 7.59. The highest BCUT2D eigenvalue weighted by Crippen LogP contribution is 2.27. The van der Waals surface area contributed by atoms with E-state index < -0.39 is 11.9 Å². The molecule has 1 atom stereocenters. The predicted molar refractivity (Wildman–Crippen MR) is 96.8 cm³/mol. The quantitative estimate of drug-likeness (QED) is 0.661. The molecule has 2 aromatic rings. The van der Waals surface area contributed by atoms with Gasteiger partial charge in [0, 0.05) is 19.0 Å². The van der Waals surface area contributed by atoms with E-state index in [1.807, 2.05) is 6.07 Å². The molecular formula is C20H21FN2O4. The number of carbonyl (C=O) groups excluding carboxylic acids is 1. The van der Waals surface area contributed by atoms with Crippen molar-refractivity contribution in [1.29, 1.82) is 5.26 Å². The van der Waals surface area contributed by atoms with Crippen LogP contribution in [0.15, 0.2) is 42.5 Å². The molecule has 6 nitrogen and oxygen atoms in total. The fourth-order valence-electron chi connectivity index (χ4n) is 2.40. The number of aliphatic hydroxyl groups is 1. The molecule has 0 aliphatic heterocycles. The number of halogens is 1. The van der Waals surface area contributed by atoms with E-state index in [1.165, 1.54) is 25.3 Å². The highest BCUT2D eigenvalue weighted by atomic mass is 19.1. The van der Waals surface area contributed by atoms with Crippen molar-refractivity contribution < 1.29 is 23.8 Å². The molecule has 0 spiro atoms. The molecule has 0 radical (unpaired) electrons. The van der Waals surface area contributed by atoms with Crippen LogP contribution in [-0.2, 0) is 4.79 Å². The lowest BCUT2D eigenvalue weighted by Gasteiger charge is -2.13. The molecule has 1 amide bonds. The molecule has 0 saturated heterocycles. The Morgan fingerprint density at radius 3 is 2.81 bits per heavy atom. The van der Waals surface area contributed by atoms with Gasteiger partial charge in [0.15, 0.2) is 11.5 Å². The van der Waals surface area contributed by atoms with Gasteiger partial charge in [0.1, 0.15) is 5.82 Å². The highest BCUT2D eigenvalue weighted by molar-refractivity contribution is 5.75. The molecule has 2 N–H and O–H groups in total. The van der Waals surface area contributed by atoms with E-state index >= 15 is 0 Å². The third-order valence-electron chi connectivity index (χ3n) is 3.82. The van der Waals surface area contributed by atoms with E-state index in [2.05, 4.69) is 5.32 Å². The maximum absolute atomic E-state index is 13.1. The van der Waals surface area contributed by atoms with Crippen molar-refractivity contribution in [3.05, 3.63) is 59.4 Å². The molecule has 2 aromatic carbocycles. The third kappa shape index (κ3) is 6.28. The van der Waals surface area contributed by atoms with Crippen LogP contribution < -0.4 is 14.8 Å². The first-order chi connectivity index (χ1) is 13.0. The Balaban J connectivity index is 1.71. The molecule has 7 heteroatoms. The first-order valence-electron chi connectivity index (χ1n) is 8.44. The summed E-state index contributed by atoms with van der Waals surface area (Å²) in [5.74, 6) is 0.282. The average molecular weight is 372 g/mol. The predicted octanol–water partition coefficient (Wildman–Crippen LogP) is 2.71. The number of carbonyl (C=O) groups is 1. The number of ether oxygens (including phenoxy) is 2. The van der Waals surface area contributed by atoms with Crippen molar-refractivity contribution in [2.45, 2.75) is 18.9 Å². The lowest BCUT2D eigenvalue weighted by Crippen LogP contribution is -2.28. The number of aliphatic hydroxyl groups excluding tert-OH is 1. The van der Waals surface area contributed by atoms with Crippen LogP contribution in [-0.4, -0.2) is 31.3 Å². The van der Waals surface area contributed by atoms with E-state index in [0.717, 1.165) is 0 Å². The second-order valence-electron chi connectivity index (χ2n) is 5.80. The van der Waals surface area contributed by atoms with Gasteiger partial charge in [0.25, 0.3) is 0 Å². The number of hydrogen-bond donors (Lipinski definition) is 2. The Bertz CT molecular complexity index is 820. The zero-order chi connectivity index (χ0) is 19.6. The van der Waals surface area contributed by atoms with Crippen LogP contribution in [0.4, 0.5) is 4.39 Å². The summed E-state index contributed by atoms with van der Waals surface area (Å²) in [4.78, 5) is 11.9. The molecule has 142 valence electrons. The number of methoxy groups -OCH3 is 1. The molecule has 0 fully saturated rings. The van der Waals surface area contributed by atoms with Crippen LogP contribution in [0.3, 0.4) is 0 Å². The number of nitrogens with zero attached hydrogens (tertiary/aromatic N) is 1. The minimum Gasteiger partial charge on any atom is -0.493 e. The van der Waals surface area contributed by atoms with Gasteiger partial charge in [-0.2, -0.15) is 5.26 Å². The fourth-order valence-corrected chi connectivity index (χ4v) is 2.40. The smallest absolute Gasteiger partial charge is 0.220 e. The minimum absolute atomic E-state index is 0.00654. The van der Waals surface area contributed by atoms with Crippen LogP contribution in [0, 0.1) is 17.1 Å². The summed E-state index contributed by atoms with van der Waals surface area (Å²) in [6.07, 6.45) is -0.289. The van der Waals surface area contributed by atoms with Gasteiger partial charge in [-0.3, -0.25) is 4.79 Å². The maximum Gasteiger partial charge on any atom is 0.220 e. The van der Waals surface area contributed by atoms with Crippen LogP contribution in [0.1, 0.15) is 30.1 Å². The molecule has 2 rings (SSSR count). The van der Waals surface area contributed by atoms with Gasteiger partial charge >= 0.3 is 0 Å². The van der Waals surface area contributed by atoms with E-state index in [9.17, 15) is 14.3 Å². The van der Waals surface area contributed by atoms with Crippen LogP contribution >= 0.6 is 0 Å². The second-order valence-corrected chi connectivity index (χ2v) is 5.80. The molecule has 0 bridgehead atoms. The SMILES string of the molecule is COc1cc(C#N)ccc1OCCCC(=O)NCC(O)c1cccc(F)c1. The van der Waals surface area contributed by atoms with E-state index in [4.69, 9.17) is 14.7 Å². The van der Waals surface area contributed by atoms with E-state index in [1.54, 1.807) is 24.3 Å². The maximum atomic E-state index is 13.1. The molecule has 1 unspecified atom stereocenters. The standard InChI is InChI=1S/C20H21FN2O4/c1-26-19-10-14(12-22)7-8-18(19)27-9-3-6-20(25)23-13-17(24)15-4-2-5-16(21)11-15/h2,4-5,7-8,10-11,17,24H,3,6,9,13H2,1H3,(H,23,25). The van der Waals surface area contributed by atoms with Crippen molar-refractivity contribution in [1.82, 2.24) is 5.32 Å². The molecule has 0 heterocycles. The minimum atomic E-state index is -0.969. The summed E-state index contributed by atoms with van der Waals surface area (Å²) >= 11 is 0. The van der Waals surface area contributed by atoms with Gasteiger partial charge in [-0.1, -0.05) is 12.1 Å². The normalized spacial score (nSPS) is 11.3. The van der Waals surface area contributed by atoms with Crippen LogP contribution in [0.2, 0.25) is 0 Å². The Morgan fingerprint density at radius 2 is 2.11 bits per heavy atom. The van der Waals surface area contributed by atoms with Gasteiger partial charge in [-0.15, -0.1) is 0 Å². The number of nitriles is 1. The van der Waals surface area contributed by atoms with Crippen LogP contribution in [0.25, 0.3) is 0 Å². The van der Waals surface area contributed by atoms with Crippen molar-refractivity contribution in [3.63, 3.8) is 0 Å². The summed E-state index contributed by atoms with van der Waals surface area (Å²) < 4.78 is 23.9. The van der Waals surface area contributed by atoms with Crippen molar-refractivity contribution in [2.24, 2.45) is 0 Å². The zero-order valence-corrected chi connectivity index (χ0v) is 14.9. The van der Waals surface area contributed by atoms with Gasteiger partial charge in [-0.05, 0) is 36.2 Å². The summed E-state index contributed by atoms with van der Waals surface area (Å²) in [7, 11) is 1.49. The summed E-state index contributed by atoms with van der Waals surface area (Å²) in [6, 6.07) is 12.5. The molecule has 0 aliphatic carbocycles. The monoisotopic (exact) mass is 372 g/mol. The number of benzene rings is 2. The highest BCUT2D eigenvalue weighted by Gasteiger charge is 2.11. The topological polar surface area (TPSA) is 91.6 Å². The van der Waals surface area contributed by atoms with Gasteiger partial charge in [-0.25, -0.2) is 4.39 Å². The first-order valence-corrected chi connectivity index (χ1v) is 8.44. The number of hydrogen-bond acceptors (Lipinski definition) is 5. The van der Waals surface area contributed by atoms with Crippen LogP contribution in [0.5, 0.6) is 11.5 Å². The summed E-state index contributed by atoms with van der Waals surface area (Å²) in [5.41, 5.74) is 0.877. The average Bonchev–Trinajstić information content (AvgIpc) is 2.69. The van der Waals surface area contributed by atoms with E-state index in [-0.39, 0.29) is 18.9 Å². The Labute approximate surface area is 157 Å². The molecule has 0 aliphatic rings. The second kappa shape index (κ2) is 10.1. The zero-order valence-electron chi connectivity index (χ0n) is 14.9. The van der Waals surface area contributed by atoms with Crippen molar-refractivity contribution in [2.75, 3.05) is 20.3 Å². The fraction of sp³-hybridized carbons (Fsp3) is 0.300. The number of nitrogens with one attached hydrogen (secondary N) is 1. The Hall–Kier alpha value is -3.11. The molecule has 27 heavy (non-hydrogen) atoms. The van der Waals surface area contributed by atoms with Crippen molar-refractivity contribution >= 4 is 5.91 Å². The number of amides is 1. The van der Waals surface area contributed by atoms with Gasteiger partial charge in [0.2, 0.25) is 5.91 Å². The van der Waals surface area contributed by atoms with Crippen molar-refractivity contribution in [3.8, 4) is 17.6 Å². The van der Waals surface area contributed by atoms with Gasteiger partial charge in [0.05, 0.1) is 31.5 Å². The third-order valence-corrected chi connectivity index (χ3v) is 3.82. The summed E-state index contributed by atoms with van der Waals surface area (Å²) in [5, 5.41) is 21.5. The summed E-state index contributed by atoms with van der Waals surface area (Å²) in [6.45, 7) is 0.300.